The van der Waals surface area contributed by atoms with E-state index in [0.29, 0.717) is 19.0 Å². The molecule has 0 aliphatic carbocycles. The third-order valence-electron chi connectivity index (χ3n) is 3.32. The van der Waals surface area contributed by atoms with Crippen LogP contribution in [0.2, 0.25) is 0 Å². The maximum absolute atomic E-state index is 11.1. The highest BCUT2D eigenvalue weighted by molar-refractivity contribution is 7.90. The molecule has 7 nitrogen and oxygen atoms in total. The lowest BCUT2D eigenvalue weighted by Gasteiger charge is -2.36. The molecular formula is C12H20N4O3S. The van der Waals surface area contributed by atoms with Crippen LogP contribution in [0.1, 0.15) is 6.42 Å². The first-order chi connectivity index (χ1) is 9.44. The quantitative estimate of drug-likeness (QED) is 0.747. The van der Waals surface area contributed by atoms with E-state index >= 15 is 0 Å². The van der Waals surface area contributed by atoms with Crippen molar-refractivity contribution in [2.24, 2.45) is 0 Å². The van der Waals surface area contributed by atoms with Crippen molar-refractivity contribution in [2.75, 3.05) is 37.0 Å². The van der Waals surface area contributed by atoms with Crippen molar-refractivity contribution in [1.82, 2.24) is 14.9 Å². The second kappa shape index (κ2) is 6.47. The predicted octanol–water partition coefficient (Wildman–Crippen LogP) is -0.632. The molecule has 1 fully saturated rings. The van der Waals surface area contributed by atoms with Crippen LogP contribution in [-0.4, -0.2) is 72.2 Å². The van der Waals surface area contributed by atoms with Gasteiger partial charge in [0.15, 0.2) is 0 Å². The van der Waals surface area contributed by atoms with E-state index in [1.54, 1.807) is 18.5 Å². The van der Waals surface area contributed by atoms with Crippen molar-refractivity contribution in [2.45, 2.75) is 18.6 Å². The SMILES string of the molecule is CS(=O)(=O)CCN1CC[C@@H](Nc2ncccn2)[C@H](O)C1. The third kappa shape index (κ3) is 4.69. The molecule has 112 valence electrons. The first kappa shape index (κ1) is 15.1. The van der Waals surface area contributed by atoms with E-state index in [9.17, 15) is 13.5 Å². The summed E-state index contributed by atoms with van der Waals surface area (Å²) < 4.78 is 22.3. The lowest BCUT2D eigenvalue weighted by Crippen LogP contribution is -2.50. The van der Waals surface area contributed by atoms with Gasteiger partial charge in [-0.2, -0.15) is 0 Å². The van der Waals surface area contributed by atoms with Gasteiger partial charge in [-0.15, -0.1) is 0 Å². The van der Waals surface area contributed by atoms with E-state index in [2.05, 4.69) is 15.3 Å². The van der Waals surface area contributed by atoms with Crippen molar-refractivity contribution in [1.29, 1.82) is 0 Å². The van der Waals surface area contributed by atoms with Crippen LogP contribution >= 0.6 is 0 Å². The standard InChI is InChI=1S/C12H20N4O3S/c1-20(18,19)8-7-16-6-3-10(11(17)9-16)15-12-13-4-2-5-14-12/h2,4-5,10-11,17H,3,6-9H2,1H3,(H,13,14,15)/t10-,11-/m1/s1. The molecule has 0 radical (unpaired) electrons. The molecule has 1 aliphatic rings. The summed E-state index contributed by atoms with van der Waals surface area (Å²) in [6, 6.07) is 1.63. The van der Waals surface area contributed by atoms with Gasteiger partial charge in [-0.05, 0) is 12.5 Å². The highest BCUT2D eigenvalue weighted by atomic mass is 32.2. The molecule has 2 rings (SSSR count). The number of nitrogens with one attached hydrogen (secondary N) is 1. The van der Waals surface area contributed by atoms with Crippen LogP contribution in [0.5, 0.6) is 0 Å². The average Bonchev–Trinajstić information content (AvgIpc) is 2.40. The molecular weight excluding hydrogens is 280 g/mol. The van der Waals surface area contributed by atoms with Crippen LogP contribution in [0, 0.1) is 0 Å². The number of piperidine rings is 1. The molecule has 20 heavy (non-hydrogen) atoms. The summed E-state index contributed by atoms with van der Waals surface area (Å²) in [6.07, 6.45) is 4.67. The molecule has 0 amide bonds. The zero-order valence-corrected chi connectivity index (χ0v) is 12.3. The number of aliphatic hydroxyl groups is 1. The second-order valence-electron chi connectivity index (χ2n) is 5.11. The van der Waals surface area contributed by atoms with Gasteiger partial charge in [0.2, 0.25) is 5.95 Å². The Morgan fingerprint density at radius 1 is 1.45 bits per heavy atom. The lowest BCUT2D eigenvalue weighted by molar-refractivity contribution is 0.0628. The molecule has 1 aliphatic heterocycles. The molecule has 0 spiro atoms. The Labute approximate surface area is 119 Å². The number of hydrogen-bond acceptors (Lipinski definition) is 7. The Hall–Kier alpha value is -1.25. The number of aliphatic hydroxyl groups excluding tert-OH is 1. The summed E-state index contributed by atoms with van der Waals surface area (Å²) in [5.41, 5.74) is 0. The molecule has 0 unspecified atom stereocenters. The Balaban J connectivity index is 1.83. The van der Waals surface area contributed by atoms with Crippen molar-refractivity contribution in [3.8, 4) is 0 Å². The number of likely N-dealkylation sites (tertiary alicyclic amines) is 1. The summed E-state index contributed by atoms with van der Waals surface area (Å²) in [4.78, 5) is 10.1. The van der Waals surface area contributed by atoms with Crippen LogP contribution in [0.3, 0.4) is 0 Å². The van der Waals surface area contributed by atoms with Gasteiger partial charge in [0.05, 0.1) is 17.9 Å². The van der Waals surface area contributed by atoms with Crippen molar-refractivity contribution in [3.05, 3.63) is 18.5 Å². The largest absolute Gasteiger partial charge is 0.390 e. The van der Waals surface area contributed by atoms with Crippen LogP contribution in [-0.2, 0) is 9.84 Å². The average molecular weight is 300 g/mol. The summed E-state index contributed by atoms with van der Waals surface area (Å²) in [7, 11) is -2.96. The molecule has 0 aromatic carbocycles. The number of sulfone groups is 1. The molecule has 0 saturated carbocycles. The van der Waals surface area contributed by atoms with Crippen molar-refractivity contribution in [3.63, 3.8) is 0 Å². The summed E-state index contributed by atoms with van der Waals surface area (Å²) in [6.45, 7) is 1.67. The summed E-state index contributed by atoms with van der Waals surface area (Å²) >= 11 is 0. The second-order valence-corrected chi connectivity index (χ2v) is 7.37. The highest BCUT2D eigenvalue weighted by Gasteiger charge is 2.28. The van der Waals surface area contributed by atoms with Gasteiger partial charge >= 0.3 is 0 Å². The third-order valence-corrected chi connectivity index (χ3v) is 4.25. The fourth-order valence-corrected chi connectivity index (χ4v) is 2.79. The van der Waals surface area contributed by atoms with Gasteiger partial charge in [-0.3, -0.25) is 4.90 Å². The maximum Gasteiger partial charge on any atom is 0.222 e. The van der Waals surface area contributed by atoms with Crippen molar-refractivity contribution < 1.29 is 13.5 Å². The Morgan fingerprint density at radius 2 is 2.15 bits per heavy atom. The van der Waals surface area contributed by atoms with Gasteiger partial charge in [-0.25, -0.2) is 18.4 Å². The van der Waals surface area contributed by atoms with Crippen molar-refractivity contribution >= 4 is 15.8 Å². The van der Waals surface area contributed by atoms with Crippen LogP contribution < -0.4 is 5.32 Å². The van der Waals surface area contributed by atoms with E-state index < -0.39 is 15.9 Å². The zero-order valence-electron chi connectivity index (χ0n) is 11.4. The van der Waals surface area contributed by atoms with Gasteiger partial charge in [0, 0.05) is 38.3 Å². The monoisotopic (exact) mass is 300 g/mol. The van der Waals surface area contributed by atoms with Crippen LogP contribution in [0.4, 0.5) is 5.95 Å². The maximum atomic E-state index is 11.1. The molecule has 8 heteroatoms. The molecule has 1 aromatic rings. The Kier molecular flexibility index (Phi) is 4.90. The fourth-order valence-electron chi connectivity index (χ4n) is 2.20. The van der Waals surface area contributed by atoms with E-state index in [-0.39, 0.29) is 11.8 Å². The lowest BCUT2D eigenvalue weighted by atomic mass is 10.0. The Bertz CT molecular complexity index is 523. The predicted molar refractivity (Wildman–Crippen MR) is 76.2 cm³/mol. The number of hydrogen-bond donors (Lipinski definition) is 2. The van der Waals surface area contributed by atoms with Gasteiger partial charge in [-0.1, -0.05) is 0 Å². The number of nitrogens with zero attached hydrogens (tertiary/aromatic N) is 3. The normalized spacial score (nSPS) is 24.5. The highest BCUT2D eigenvalue weighted by Crippen LogP contribution is 2.14. The molecule has 2 heterocycles. The minimum absolute atomic E-state index is 0.105. The minimum Gasteiger partial charge on any atom is -0.390 e. The van der Waals surface area contributed by atoms with E-state index in [4.69, 9.17) is 0 Å². The van der Waals surface area contributed by atoms with E-state index in [0.717, 1.165) is 13.0 Å². The zero-order chi connectivity index (χ0) is 14.6. The number of rotatable bonds is 5. The number of aromatic nitrogens is 2. The van der Waals surface area contributed by atoms with E-state index in [1.807, 2.05) is 4.90 Å². The summed E-state index contributed by atoms with van der Waals surface area (Å²) in [5.74, 6) is 0.626. The van der Waals surface area contributed by atoms with Gasteiger partial charge in [0.25, 0.3) is 0 Å². The number of β-amino-alcohol motifs (C(OH)–C–C–N with tert-alkyl or cyclic N) is 1. The first-order valence-electron chi connectivity index (χ1n) is 6.56. The molecule has 1 saturated heterocycles. The molecule has 1 aromatic heterocycles. The number of anilines is 1. The van der Waals surface area contributed by atoms with E-state index in [1.165, 1.54) is 6.26 Å². The fraction of sp³-hybridized carbons (Fsp3) is 0.667. The van der Waals surface area contributed by atoms with Crippen LogP contribution in [0.25, 0.3) is 0 Å². The molecule has 2 atom stereocenters. The van der Waals surface area contributed by atoms with Gasteiger partial charge in [0.1, 0.15) is 9.84 Å². The summed E-state index contributed by atoms with van der Waals surface area (Å²) in [5, 5.41) is 13.2. The Morgan fingerprint density at radius 3 is 2.75 bits per heavy atom. The molecule has 2 N–H and O–H groups in total. The first-order valence-corrected chi connectivity index (χ1v) is 8.62. The molecule has 0 bridgehead atoms. The minimum atomic E-state index is -2.96. The topological polar surface area (TPSA) is 95.4 Å². The van der Waals surface area contributed by atoms with Gasteiger partial charge < -0.3 is 10.4 Å². The smallest absolute Gasteiger partial charge is 0.222 e. The van der Waals surface area contributed by atoms with Crippen LogP contribution in [0.15, 0.2) is 18.5 Å².